The molecule has 35 heavy (non-hydrogen) atoms. The summed E-state index contributed by atoms with van der Waals surface area (Å²) in [6, 6.07) is 14.3. The van der Waals surface area contributed by atoms with E-state index in [0.29, 0.717) is 16.3 Å². The number of nitrogens with zero attached hydrogens (tertiary/aromatic N) is 3. The fraction of sp³-hybridized carbons (Fsp3) is 0.200. The van der Waals surface area contributed by atoms with Crippen molar-refractivity contribution < 1.29 is 18.4 Å². The van der Waals surface area contributed by atoms with E-state index in [2.05, 4.69) is 15.5 Å². The van der Waals surface area contributed by atoms with Gasteiger partial charge in [-0.3, -0.25) is 9.59 Å². The van der Waals surface area contributed by atoms with Gasteiger partial charge in [0.05, 0.1) is 5.56 Å². The van der Waals surface area contributed by atoms with Crippen LogP contribution >= 0.6 is 22.7 Å². The van der Waals surface area contributed by atoms with E-state index in [1.165, 1.54) is 57.3 Å². The molecule has 2 atom stereocenters. The van der Waals surface area contributed by atoms with Crippen LogP contribution in [0, 0.1) is 17.6 Å². The molecule has 0 saturated heterocycles. The van der Waals surface area contributed by atoms with Gasteiger partial charge in [-0.15, -0.1) is 21.5 Å². The number of carbonyl (C=O) groups is 2. The number of amides is 2. The highest BCUT2D eigenvalue weighted by Gasteiger charge is 2.29. The van der Waals surface area contributed by atoms with Crippen molar-refractivity contribution in [2.24, 2.45) is 5.92 Å². The Labute approximate surface area is 209 Å². The lowest BCUT2D eigenvalue weighted by Crippen LogP contribution is -2.26. The van der Waals surface area contributed by atoms with E-state index in [-0.39, 0.29) is 11.5 Å². The molecule has 2 aromatic heterocycles. The summed E-state index contributed by atoms with van der Waals surface area (Å²) in [5, 5.41) is 10.7. The van der Waals surface area contributed by atoms with Gasteiger partial charge in [0.15, 0.2) is 0 Å². The van der Waals surface area contributed by atoms with Crippen LogP contribution in [0.1, 0.15) is 33.6 Å². The third-order valence-corrected chi connectivity index (χ3v) is 7.36. The minimum Gasteiger partial charge on any atom is -0.345 e. The molecule has 10 heteroatoms. The third-order valence-electron chi connectivity index (χ3n) is 5.54. The Morgan fingerprint density at radius 2 is 1.86 bits per heavy atom. The molecule has 4 aromatic rings. The first-order valence-electron chi connectivity index (χ1n) is 10.7. The standard InChI is InChI=1S/C25H22F2N4O2S2/c1-14(23(32)29-25-30-28-13-34-25)22(16-5-4-6-17(26)11-16)21-10-9-20(35-21)15-7-8-18(19(27)12-15)24(33)31(2)3/h4-14,22H,1-3H3,(H,29,30,32). The van der Waals surface area contributed by atoms with Crippen molar-refractivity contribution >= 4 is 39.6 Å². The Morgan fingerprint density at radius 1 is 1.06 bits per heavy atom. The largest absolute Gasteiger partial charge is 0.345 e. The van der Waals surface area contributed by atoms with Gasteiger partial charge in [0.1, 0.15) is 17.1 Å². The van der Waals surface area contributed by atoms with Crippen LogP contribution < -0.4 is 5.32 Å². The van der Waals surface area contributed by atoms with Gasteiger partial charge in [-0.2, -0.15) is 0 Å². The number of aromatic nitrogens is 2. The highest BCUT2D eigenvalue weighted by atomic mass is 32.1. The molecular weight excluding hydrogens is 490 g/mol. The third kappa shape index (κ3) is 5.44. The summed E-state index contributed by atoms with van der Waals surface area (Å²) in [6.07, 6.45) is 0. The van der Waals surface area contributed by atoms with E-state index in [4.69, 9.17) is 0 Å². The van der Waals surface area contributed by atoms with Crippen LogP contribution in [0.4, 0.5) is 13.9 Å². The second-order valence-electron chi connectivity index (χ2n) is 8.15. The molecule has 0 aliphatic heterocycles. The number of anilines is 1. The fourth-order valence-corrected chi connectivity index (χ4v) is 5.44. The van der Waals surface area contributed by atoms with Crippen LogP contribution in [0.2, 0.25) is 0 Å². The van der Waals surface area contributed by atoms with Gasteiger partial charge in [0.25, 0.3) is 5.91 Å². The molecule has 0 radical (unpaired) electrons. The summed E-state index contributed by atoms with van der Waals surface area (Å²) >= 11 is 2.60. The zero-order valence-electron chi connectivity index (χ0n) is 19.2. The molecule has 2 aromatic carbocycles. The van der Waals surface area contributed by atoms with Crippen molar-refractivity contribution in [2.45, 2.75) is 12.8 Å². The van der Waals surface area contributed by atoms with Crippen LogP contribution in [-0.2, 0) is 4.79 Å². The first-order valence-corrected chi connectivity index (χ1v) is 12.4. The zero-order valence-corrected chi connectivity index (χ0v) is 20.8. The Hall–Kier alpha value is -3.50. The van der Waals surface area contributed by atoms with Crippen molar-refractivity contribution in [1.82, 2.24) is 15.1 Å². The van der Waals surface area contributed by atoms with Gasteiger partial charge >= 0.3 is 0 Å². The Balaban J connectivity index is 1.68. The molecule has 6 nitrogen and oxygen atoms in total. The van der Waals surface area contributed by atoms with Crippen LogP contribution in [-0.4, -0.2) is 41.0 Å². The molecule has 0 fully saturated rings. The Kier molecular flexibility index (Phi) is 7.32. The molecule has 2 unspecified atom stereocenters. The van der Waals surface area contributed by atoms with E-state index in [9.17, 15) is 18.4 Å². The van der Waals surface area contributed by atoms with E-state index in [0.717, 1.165) is 9.75 Å². The van der Waals surface area contributed by atoms with Crippen LogP contribution in [0.25, 0.3) is 10.4 Å². The number of benzene rings is 2. The molecule has 180 valence electrons. The number of hydrogen-bond donors (Lipinski definition) is 1. The smallest absolute Gasteiger partial charge is 0.256 e. The highest BCUT2D eigenvalue weighted by Crippen LogP contribution is 2.40. The first kappa shape index (κ1) is 24.6. The minimum absolute atomic E-state index is 0.00450. The molecule has 0 aliphatic rings. The fourth-order valence-electron chi connectivity index (χ4n) is 3.76. The average Bonchev–Trinajstić information content (AvgIpc) is 3.51. The maximum absolute atomic E-state index is 14.7. The number of thiophene rings is 1. The number of nitrogens with one attached hydrogen (secondary N) is 1. The summed E-state index contributed by atoms with van der Waals surface area (Å²) in [5.41, 5.74) is 2.77. The SMILES string of the molecule is CC(C(=O)Nc1nncs1)C(c1cccc(F)c1)c1ccc(-c2ccc(C(=O)N(C)C)c(F)c2)s1. The number of rotatable bonds is 7. The van der Waals surface area contributed by atoms with Crippen molar-refractivity contribution in [3.8, 4) is 10.4 Å². The molecule has 0 bridgehead atoms. The van der Waals surface area contributed by atoms with E-state index in [1.807, 2.05) is 12.1 Å². The lowest BCUT2D eigenvalue weighted by molar-refractivity contribution is -0.119. The Bertz CT molecular complexity index is 1360. The first-order chi connectivity index (χ1) is 16.7. The normalized spacial score (nSPS) is 12.7. The lowest BCUT2D eigenvalue weighted by Gasteiger charge is -2.22. The second kappa shape index (κ2) is 10.4. The summed E-state index contributed by atoms with van der Waals surface area (Å²) < 4.78 is 28.8. The van der Waals surface area contributed by atoms with Gasteiger partial charge in [0, 0.05) is 35.7 Å². The second-order valence-corrected chi connectivity index (χ2v) is 10.1. The predicted molar refractivity (Wildman–Crippen MR) is 134 cm³/mol. The predicted octanol–water partition coefficient (Wildman–Crippen LogP) is 5.65. The Morgan fingerprint density at radius 3 is 2.51 bits per heavy atom. The van der Waals surface area contributed by atoms with Gasteiger partial charge < -0.3 is 10.2 Å². The maximum Gasteiger partial charge on any atom is 0.256 e. The number of hydrogen-bond acceptors (Lipinski definition) is 6. The molecule has 0 saturated carbocycles. The summed E-state index contributed by atoms with van der Waals surface area (Å²) in [7, 11) is 3.13. The van der Waals surface area contributed by atoms with Crippen molar-refractivity contribution in [3.05, 3.63) is 87.7 Å². The summed E-state index contributed by atoms with van der Waals surface area (Å²) in [6.45, 7) is 1.77. The highest BCUT2D eigenvalue weighted by molar-refractivity contribution is 7.15. The van der Waals surface area contributed by atoms with Gasteiger partial charge in [-0.1, -0.05) is 36.5 Å². The van der Waals surface area contributed by atoms with Crippen molar-refractivity contribution in [2.75, 3.05) is 19.4 Å². The monoisotopic (exact) mass is 512 g/mol. The van der Waals surface area contributed by atoms with E-state index < -0.39 is 29.4 Å². The molecular formula is C25H22F2N4O2S2. The molecule has 1 N–H and O–H groups in total. The van der Waals surface area contributed by atoms with Crippen molar-refractivity contribution in [1.29, 1.82) is 0 Å². The number of halogens is 2. The van der Waals surface area contributed by atoms with Gasteiger partial charge in [-0.25, -0.2) is 8.78 Å². The molecule has 0 aliphatic carbocycles. The molecule has 2 heterocycles. The molecule has 4 rings (SSSR count). The zero-order chi connectivity index (χ0) is 25.1. The maximum atomic E-state index is 14.7. The minimum atomic E-state index is -0.609. The number of carbonyl (C=O) groups excluding carboxylic acids is 2. The van der Waals surface area contributed by atoms with Gasteiger partial charge in [-0.05, 0) is 47.5 Å². The van der Waals surface area contributed by atoms with Gasteiger partial charge in [0.2, 0.25) is 11.0 Å². The molecule has 0 spiro atoms. The van der Waals surface area contributed by atoms with Crippen molar-refractivity contribution in [3.63, 3.8) is 0 Å². The van der Waals surface area contributed by atoms with E-state index in [1.54, 1.807) is 39.2 Å². The quantitative estimate of drug-likeness (QED) is 0.347. The average molecular weight is 513 g/mol. The van der Waals surface area contributed by atoms with Crippen LogP contribution in [0.5, 0.6) is 0 Å². The van der Waals surface area contributed by atoms with Crippen LogP contribution in [0.15, 0.2) is 60.1 Å². The van der Waals surface area contributed by atoms with Crippen LogP contribution in [0.3, 0.4) is 0 Å². The summed E-state index contributed by atoms with van der Waals surface area (Å²) in [4.78, 5) is 28.1. The summed E-state index contributed by atoms with van der Waals surface area (Å²) in [5.74, 6) is -2.71. The van der Waals surface area contributed by atoms with E-state index >= 15 is 0 Å². The lowest BCUT2D eigenvalue weighted by atomic mass is 9.85. The topological polar surface area (TPSA) is 75.2 Å². The molecule has 2 amide bonds.